The number of benzene rings is 3. The number of hydrogen-bond donors (Lipinski definition) is 1. The maximum atomic E-state index is 14.3. The molecule has 0 aromatic heterocycles. The predicted molar refractivity (Wildman–Crippen MR) is 140 cm³/mol. The average molecular weight is 490 g/mol. The number of halogens is 2. The Morgan fingerprint density at radius 1 is 0.944 bits per heavy atom. The van der Waals surface area contributed by atoms with Gasteiger partial charge in [0.15, 0.2) is 0 Å². The van der Waals surface area contributed by atoms with E-state index in [1.165, 1.54) is 29.3 Å². The predicted octanol–water partition coefficient (Wildman–Crippen LogP) is 6.85. The summed E-state index contributed by atoms with van der Waals surface area (Å²) in [7, 11) is 0. The summed E-state index contributed by atoms with van der Waals surface area (Å²) in [6.07, 6.45) is 1.68. The monoisotopic (exact) mass is 489 g/mol. The van der Waals surface area contributed by atoms with E-state index in [0.29, 0.717) is 12.2 Å². The van der Waals surface area contributed by atoms with Gasteiger partial charge in [-0.15, -0.1) is 0 Å². The molecule has 0 bridgehead atoms. The number of fused-ring (bicyclic) bond motifs is 2. The molecule has 0 saturated carbocycles. The Labute approximate surface area is 211 Å². The Kier molecular flexibility index (Phi) is 6.33. The molecule has 2 aliphatic heterocycles. The standard InChI is InChI=1S/C30H33F2N3O/c1-29(2,3)22-9-7-21(8-10-22)19-34-15-13-30(14-16-34)20-35(27-12-11-24(32)18-26(27)30)28(36)33-25-6-4-5-23(31)17-25/h4-12,17-18H,13-16,19-20H2,1-3H3,(H,33,36). The summed E-state index contributed by atoms with van der Waals surface area (Å²) in [5.74, 6) is -0.699. The third-order valence-corrected chi connectivity index (χ3v) is 7.64. The van der Waals surface area contributed by atoms with E-state index in [9.17, 15) is 13.6 Å². The van der Waals surface area contributed by atoms with Gasteiger partial charge in [0.2, 0.25) is 0 Å². The molecule has 0 aliphatic carbocycles. The molecule has 5 rings (SSSR count). The molecule has 4 nitrogen and oxygen atoms in total. The SMILES string of the molecule is CC(C)(C)c1ccc(CN2CCC3(CC2)CN(C(=O)Nc2cccc(F)c2)c2ccc(F)cc23)cc1. The molecule has 188 valence electrons. The molecule has 2 amide bonds. The lowest BCUT2D eigenvalue weighted by Crippen LogP contribution is -2.46. The topological polar surface area (TPSA) is 35.6 Å². The minimum absolute atomic E-state index is 0.133. The van der Waals surface area contributed by atoms with E-state index in [4.69, 9.17) is 0 Å². The van der Waals surface area contributed by atoms with Crippen LogP contribution in [0.5, 0.6) is 0 Å². The first-order chi connectivity index (χ1) is 17.1. The van der Waals surface area contributed by atoms with Crippen molar-refractivity contribution in [3.05, 3.63) is 95.1 Å². The van der Waals surface area contributed by atoms with Crippen molar-refractivity contribution >= 4 is 17.4 Å². The van der Waals surface area contributed by atoms with Crippen LogP contribution in [0.1, 0.15) is 50.3 Å². The quantitative estimate of drug-likeness (QED) is 0.437. The average Bonchev–Trinajstić information content (AvgIpc) is 3.14. The number of rotatable bonds is 3. The van der Waals surface area contributed by atoms with Crippen LogP contribution in [0.15, 0.2) is 66.7 Å². The van der Waals surface area contributed by atoms with Crippen LogP contribution in [0.3, 0.4) is 0 Å². The number of nitrogens with one attached hydrogen (secondary N) is 1. The lowest BCUT2D eigenvalue weighted by Gasteiger charge is -2.40. The molecular formula is C30H33F2N3O. The Balaban J connectivity index is 1.30. The number of likely N-dealkylation sites (tertiary alicyclic amines) is 1. The van der Waals surface area contributed by atoms with E-state index < -0.39 is 5.82 Å². The van der Waals surface area contributed by atoms with Crippen LogP contribution < -0.4 is 10.2 Å². The maximum absolute atomic E-state index is 14.3. The highest BCUT2D eigenvalue weighted by Gasteiger charge is 2.46. The van der Waals surface area contributed by atoms with Crippen LogP contribution in [-0.4, -0.2) is 30.6 Å². The number of anilines is 2. The molecule has 6 heteroatoms. The summed E-state index contributed by atoms with van der Waals surface area (Å²) >= 11 is 0. The summed E-state index contributed by atoms with van der Waals surface area (Å²) in [4.78, 5) is 17.3. The lowest BCUT2D eigenvalue weighted by molar-refractivity contribution is 0.160. The highest BCUT2D eigenvalue weighted by molar-refractivity contribution is 6.03. The van der Waals surface area contributed by atoms with Crippen molar-refractivity contribution in [2.24, 2.45) is 0 Å². The van der Waals surface area contributed by atoms with E-state index in [2.05, 4.69) is 55.3 Å². The molecule has 1 fully saturated rings. The Morgan fingerprint density at radius 3 is 2.31 bits per heavy atom. The van der Waals surface area contributed by atoms with Gasteiger partial charge in [-0.25, -0.2) is 13.6 Å². The minimum atomic E-state index is -0.409. The number of amides is 2. The van der Waals surface area contributed by atoms with E-state index >= 15 is 0 Å². The number of urea groups is 1. The second-order valence-electron chi connectivity index (χ2n) is 11.2. The van der Waals surface area contributed by atoms with Crippen molar-refractivity contribution in [1.82, 2.24) is 4.90 Å². The molecule has 1 N–H and O–H groups in total. The van der Waals surface area contributed by atoms with Crippen LogP contribution >= 0.6 is 0 Å². The Bertz CT molecular complexity index is 1260. The molecule has 3 aromatic rings. The van der Waals surface area contributed by atoms with E-state index in [1.807, 2.05) is 0 Å². The van der Waals surface area contributed by atoms with Gasteiger partial charge in [0.05, 0.1) is 0 Å². The van der Waals surface area contributed by atoms with Crippen LogP contribution in [0.2, 0.25) is 0 Å². The van der Waals surface area contributed by atoms with Crippen molar-refractivity contribution in [3.8, 4) is 0 Å². The van der Waals surface area contributed by atoms with Crippen molar-refractivity contribution in [1.29, 1.82) is 0 Å². The summed E-state index contributed by atoms with van der Waals surface area (Å²) in [6.45, 7) is 9.76. The minimum Gasteiger partial charge on any atom is -0.307 e. The number of hydrogen-bond acceptors (Lipinski definition) is 2. The molecule has 1 spiro atoms. The van der Waals surface area contributed by atoms with Crippen molar-refractivity contribution in [2.45, 2.75) is 51.0 Å². The summed E-state index contributed by atoms with van der Waals surface area (Å²) in [5.41, 5.74) is 4.48. The normalized spacial score (nSPS) is 17.3. The first-order valence-electron chi connectivity index (χ1n) is 12.6. The molecule has 0 unspecified atom stereocenters. The van der Waals surface area contributed by atoms with Crippen molar-refractivity contribution < 1.29 is 13.6 Å². The molecule has 2 aliphatic rings. The molecule has 3 aromatic carbocycles. The molecule has 0 radical (unpaired) electrons. The number of piperidine rings is 1. The second kappa shape index (κ2) is 9.32. The summed E-state index contributed by atoms with van der Waals surface area (Å²) in [6, 6.07) is 19.1. The van der Waals surface area contributed by atoms with Crippen LogP contribution in [0.4, 0.5) is 25.0 Å². The highest BCUT2D eigenvalue weighted by Crippen LogP contribution is 2.47. The molecule has 36 heavy (non-hydrogen) atoms. The van der Waals surface area contributed by atoms with Gasteiger partial charge in [-0.05, 0) is 84.4 Å². The molecular weight excluding hydrogens is 456 g/mol. The number of nitrogens with zero attached hydrogens (tertiary/aromatic N) is 2. The van der Waals surface area contributed by atoms with E-state index in [1.54, 1.807) is 29.2 Å². The van der Waals surface area contributed by atoms with Gasteiger partial charge in [0.1, 0.15) is 11.6 Å². The second-order valence-corrected chi connectivity index (χ2v) is 11.2. The van der Waals surface area contributed by atoms with Crippen LogP contribution in [-0.2, 0) is 17.4 Å². The number of carbonyl (C=O) groups excluding carboxylic acids is 1. The molecule has 0 atom stereocenters. The summed E-state index contributed by atoms with van der Waals surface area (Å²) < 4.78 is 27.9. The van der Waals surface area contributed by atoms with Gasteiger partial charge in [-0.3, -0.25) is 9.80 Å². The zero-order valence-corrected chi connectivity index (χ0v) is 21.2. The number of carbonyl (C=O) groups is 1. The van der Waals surface area contributed by atoms with E-state index in [-0.39, 0.29) is 22.7 Å². The Morgan fingerprint density at radius 2 is 1.64 bits per heavy atom. The van der Waals surface area contributed by atoms with Gasteiger partial charge in [0.25, 0.3) is 0 Å². The smallest absolute Gasteiger partial charge is 0.307 e. The van der Waals surface area contributed by atoms with Gasteiger partial charge in [-0.1, -0.05) is 51.1 Å². The van der Waals surface area contributed by atoms with Gasteiger partial charge >= 0.3 is 6.03 Å². The first kappa shape index (κ1) is 24.4. The van der Waals surface area contributed by atoms with Crippen molar-refractivity contribution in [2.75, 3.05) is 29.9 Å². The lowest BCUT2D eigenvalue weighted by atomic mass is 9.74. The van der Waals surface area contributed by atoms with Gasteiger partial charge < -0.3 is 5.32 Å². The zero-order chi connectivity index (χ0) is 25.5. The molecule has 1 saturated heterocycles. The fraction of sp³-hybridized carbons (Fsp3) is 0.367. The van der Waals surface area contributed by atoms with Gasteiger partial charge in [0, 0.05) is 29.9 Å². The Hall–Kier alpha value is -3.25. The van der Waals surface area contributed by atoms with E-state index in [0.717, 1.165) is 43.7 Å². The van der Waals surface area contributed by atoms with Gasteiger partial charge in [-0.2, -0.15) is 0 Å². The highest BCUT2D eigenvalue weighted by atomic mass is 19.1. The largest absolute Gasteiger partial charge is 0.326 e. The summed E-state index contributed by atoms with van der Waals surface area (Å²) in [5, 5.41) is 2.80. The zero-order valence-electron chi connectivity index (χ0n) is 21.2. The van der Waals surface area contributed by atoms with Crippen LogP contribution in [0.25, 0.3) is 0 Å². The van der Waals surface area contributed by atoms with Crippen molar-refractivity contribution in [3.63, 3.8) is 0 Å². The maximum Gasteiger partial charge on any atom is 0.326 e. The van der Waals surface area contributed by atoms with Crippen LogP contribution in [0, 0.1) is 11.6 Å². The third-order valence-electron chi connectivity index (χ3n) is 7.64. The first-order valence-corrected chi connectivity index (χ1v) is 12.6. The molecule has 2 heterocycles. The third kappa shape index (κ3) is 4.87. The fourth-order valence-electron chi connectivity index (χ4n) is 5.51. The fourth-order valence-corrected chi connectivity index (χ4v) is 5.51.